The molecular weight excluding hydrogens is 238 g/mol. The van der Waals surface area contributed by atoms with Crippen LogP contribution in [0.3, 0.4) is 0 Å². The summed E-state index contributed by atoms with van der Waals surface area (Å²) in [6.07, 6.45) is 5.85. The van der Waals surface area contributed by atoms with Crippen molar-refractivity contribution >= 4 is 11.8 Å². The van der Waals surface area contributed by atoms with Gasteiger partial charge in [0, 0.05) is 25.3 Å². The van der Waals surface area contributed by atoms with E-state index < -0.39 is 0 Å². The van der Waals surface area contributed by atoms with Crippen LogP contribution in [0.25, 0.3) is 0 Å². The van der Waals surface area contributed by atoms with Gasteiger partial charge in [0.25, 0.3) is 0 Å². The number of anilines is 2. The second kappa shape index (κ2) is 7.28. The molecule has 0 saturated carbocycles. The quantitative estimate of drug-likeness (QED) is 0.824. The molecule has 0 amide bonds. The van der Waals surface area contributed by atoms with Gasteiger partial charge in [-0.25, -0.2) is 4.98 Å². The van der Waals surface area contributed by atoms with Crippen molar-refractivity contribution in [2.24, 2.45) is 0 Å². The van der Waals surface area contributed by atoms with E-state index in [1.165, 1.54) is 32.4 Å². The summed E-state index contributed by atoms with van der Waals surface area (Å²) in [5, 5.41) is 6.59. The zero-order valence-electron chi connectivity index (χ0n) is 12.0. The molecule has 0 spiro atoms. The third-order valence-corrected chi connectivity index (χ3v) is 3.37. The third kappa shape index (κ3) is 4.67. The van der Waals surface area contributed by atoms with Crippen LogP contribution in [-0.4, -0.2) is 47.1 Å². The average molecular weight is 263 g/mol. The summed E-state index contributed by atoms with van der Waals surface area (Å²) in [7, 11) is 0. The van der Waals surface area contributed by atoms with Gasteiger partial charge in [0.05, 0.1) is 0 Å². The van der Waals surface area contributed by atoms with Crippen molar-refractivity contribution < 1.29 is 0 Å². The number of piperidine rings is 1. The number of aromatic nitrogens is 2. The van der Waals surface area contributed by atoms with Gasteiger partial charge in [-0.15, -0.1) is 0 Å². The Morgan fingerprint density at radius 3 is 2.84 bits per heavy atom. The fourth-order valence-electron chi connectivity index (χ4n) is 2.51. The van der Waals surface area contributed by atoms with Crippen LogP contribution in [0.15, 0.2) is 12.3 Å². The zero-order valence-corrected chi connectivity index (χ0v) is 12.0. The minimum atomic E-state index is 0.405. The number of rotatable bonds is 6. The fraction of sp³-hybridized carbons (Fsp3) is 0.714. The lowest BCUT2D eigenvalue weighted by atomic mass is 10.1. The largest absolute Gasteiger partial charge is 0.366 e. The molecule has 1 unspecified atom stereocenters. The monoisotopic (exact) mass is 263 g/mol. The third-order valence-electron chi connectivity index (χ3n) is 3.37. The van der Waals surface area contributed by atoms with Crippen LogP contribution < -0.4 is 10.6 Å². The molecule has 19 heavy (non-hydrogen) atoms. The van der Waals surface area contributed by atoms with Crippen LogP contribution in [0, 0.1) is 0 Å². The molecule has 0 aromatic carbocycles. The highest BCUT2D eigenvalue weighted by Gasteiger charge is 2.13. The second-order valence-electron chi connectivity index (χ2n) is 5.20. The van der Waals surface area contributed by atoms with E-state index in [2.05, 4.69) is 32.4 Å². The smallest absolute Gasteiger partial charge is 0.224 e. The van der Waals surface area contributed by atoms with E-state index in [-0.39, 0.29) is 0 Å². The molecular formula is C14H25N5. The van der Waals surface area contributed by atoms with Crippen molar-refractivity contribution in [1.82, 2.24) is 14.9 Å². The first-order valence-electron chi connectivity index (χ1n) is 7.33. The number of likely N-dealkylation sites (tertiary alicyclic amines) is 1. The lowest BCUT2D eigenvalue weighted by Crippen LogP contribution is -2.38. The summed E-state index contributed by atoms with van der Waals surface area (Å²) >= 11 is 0. The van der Waals surface area contributed by atoms with Crippen molar-refractivity contribution in [1.29, 1.82) is 0 Å². The second-order valence-corrected chi connectivity index (χ2v) is 5.20. The number of nitrogens with one attached hydrogen (secondary N) is 2. The van der Waals surface area contributed by atoms with E-state index >= 15 is 0 Å². The minimum Gasteiger partial charge on any atom is -0.366 e. The highest BCUT2D eigenvalue weighted by Crippen LogP contribution is 2.11. The van der Waals surface area contributed by atoms with Crippen molar-refractivity contribution in [2.45, 2.75) is 39.2 Å². The highest BCUT2D eigenvalue weighted by molar-refractivity contribution is 5.40. The average Bonchev–Trinajstić information content (AvgIpc) is 2.40. The molecule has 2 heterocycles. The van der Waals surface area contributed by atoms with E-state index in [1.807, 2.05) is 13.0 Å². The Kier molecular flexibility index (Phi) is 5.39. The van der Waals surface area contributed by atoms with Crippen LogP contribution in [0.1, 0.15) is 33.1 Å². The zero-order chi connectivity index (χ0) is 13.5. The maximum absolute atomic E-state index is 4.44. The SMILES string of the molecule is CCNc1nccc(NC(C)CN2CCCCC2)n1. The van der Waals surface area contributed by atoms with Crippen molar-refractivity contribution in [3.63, 3.8) is 0 Å². The summed E-state index contributed by atoms with van der Waals surface area (Å²) in [4.78, 5) is 11.2. The summed E-state index contributed by atoms with van der Waals surface area (Å²) in [6.45, 7) is 8.65. The fourth-order valence-corrected chi connectivity index (χ4v) is 2.51. The maximum atomic E-state index is 4.44. The first-order chi connectivity index (χ1) is 9.28. The maximum Gasteiger partial charge on any atom is 0.224 e. The minimum absolute atomic E-state index is 0.405. The van der Waals surface area contributed by atoms with Gasteiger partial charge in [0.1, 0.15) is 5.82 Å². The predicted octanol–water partition coefficient (Wildman–Crippen LogP) is 2.19. The molecule has 0 radical (unpaired) electrons. The molecule has 1 saturated heterocycles. The topological polar surface area (TPSA) is 53.1 Å². The van der Waals surface area contributed by atoms with Crippen molar-refractivity contribution in [2.75, 3.05) is 36.8 Å². The molecule has 1 aliphatic heterocycles. The molecule has 0 bridgehead atoms. The number of hydrogen-bond donors (Lipinski definition) is 2. The first-order valence-corrected chi connectivity index (χ1v) is 7.33. The van der Waals surface area contributed by atoms with Gasteiger partial charge >= 0.3 is 0 Å². The van der Waals surface area contributed by atoms with Crippen LogP contribution in [-0.2, 0) is 0 Å². The molecule has 2 rings (SSSR count). The molecule has 106 valence electrons. The Hall–Kier alpha value is -1.36. The Balaban J connectivity index is 1.83. The number of hydrogen-bond acceptors (Lipinski definition) is 5. The normalized spacial score (nSPS) is 18.0. The van der Waals surface area contributed by atoms with Crippen LogP contribution >= 0.6 is 0 Å². The van der Waals surface area contributed by atoms with Crippen molar-refractivity contribution in [3.8, 4) is 0 Å². The summed E-state index contributed by atoms with van der Waals surface area (Å²) in [5.74, 6) is 1.59. The lowest BCUT2D eigenvalue weighted by molar-refractivity contribution is 0.223. The van der Waals surface area contributed by atoms with Gasteiger partial charge in [-0.05, 0) is 45.8 Å². The summed E-state index contributed by atoms with van der Waals surface area (Å²) in [5.41, 5.74) is 0. The van der Waals surface area contributed by atoms with Crippen molar-refractivity contribution in [3.05, 3.63) is 12.3 Å². The summed E-state index contributed by atoms with van der Waals surface area (Å²) < 4.78 is 0. The first kappa shape index (κ1) is 14.1. The van der Waals surface area contributed by atoms with Gasteiger partial charge in [-0.3, -0.25) is 0 Å². The molecule has 2 N–H and O–H groups in total. The lowest BCUT2D eigenvalue weighted by Gasteiger charge is -2.29. The number of nitrogens with zero attached hydrogens (tertiary/aromatic N) is 3. The van der Waals surface area contributed by atoms with Gasteiger partial charge in [-0.1, -0.05) is 6.42 Å². The molecule has 0 aliphatic carbocycles. The molecule has 5 nitrogen and oxygen atoms in total. The Bertz CT molecular complexity index is 376. The highest BCUT2D eigenvalue weighted by atomic mass is 15.2. The summed E-state index contributed by atoms with van der Waals surface area (Å²) in [6, 6.07) is 2.33. The Labute approximate surface area is 115 Å². The molecule has 1 aromatic heterocycles. The Morgan fingerprint density at radius 2 is 2.11 bits per heavy atom. The molecule has 5 heteroatoms. The van der Waals surface area contributed by atoms with Crippen LogP contribution in [0.4, 0.5) is 11.8 Å². The van der Waals surface area contributed by atoms with Gasteiger partial charge < -0.3 is 15.5 Å². The van der Waals surface area contributed by atoms with E-state index in [0.29, 0.717) is 12.0 Å². The van der Waals surface area contributed by atoms with Gasteiger partial charge in [0.2, 0.25) is 5.95 Å². The molecule has 1 aliphatic rings. The predicted molar refractivity (Wildman–Crippen MR) is 79.6 cm³/mol. The van der Waals surface area contributed by atoms with Crippen LogP contribution in [0.2, 0.25) is 0 Å². The van der Waals surface area contributed by atoms with Gasteiger partial charge in [-0.2, -0.15) is 4.98 Å². The van der Waals surface area contributed by atoms with E-state index in [9.17, 15) is 0 Å². The standard InChI is InChI=1S/C14H25N5/c1-3-15-14-16-8-7-13(18-14)17-12(2)11-19-9-5-4-6-10-19/h7-8,12H,3-6,9-11H2,1-2H3,(H2,15,16,17,18). The van der Waals surface area contributed by atoms with E-state index in [1.54, 1.807) is 6.20 Å². The van der Waals surface area contributed by atoms with Gasteiger partial charge in [0.15, 0.2) is 0 Å². The molecule has 1 atom stereocenters. The Morgan fingerprint density at radius 1 is 1.32 bits per heavy atom. The van der Waals surface area contributed by atoms with Crippen LogP contribution in [0.5, 0.6) is 0 Å². The molecule has 1 aromatic rings. The van der Waals surface area contributed by atoms with E-state index in [4.69, 9.17) is 0 Å². The molecule has 1 fully saturated rings. The van der Waals surface area contributed by atoms with E-state index in [0.717, 1.165) is 18.9 Å².